The second kappa shape index (κ2) is 8.30. The van der Waals surface area contributed by atoms with Gasteiger partial charge in [-0.3, -0.25) is 4.79 Å². The molecule has 3 aromatic rings. The topological polar surface area (TPSA) is 80.0 Å². The summed E-state index contributed by atoms with van der Waals surface area (Å²) in [7, 11) is 0. The van der Waals surface area contributed by atoms with Crippen LogP contribution in [0.5, 0.6) is 0 Å². The van der Waals surface area contributed by atoms with E-state index in [4.69, 9.17) is 16.0 Å². The summed E-state index contributed by atoms with van der Waals surface area (Å²) in [5.74, 6) is 1.01. The van der Waals surface area contributed by atoms with Gasteiger partial charge in [0.2, 0.25) is 0 Å². The first-order valence-corrected chi connectivity index (χ1v) is 8.19. The standard InChI is InChI=1S/C18H17ClN4O2/c19-14-5-3-13(4-6-14)7-8-20-17-12-21-16(11-22-17)18(24)23-10-15-2-1-9-25-15/h1-6,9,11-12H,7-8,10H2,(H,20,22)(H,23,24). The van der Waals surface area contributed by atoms with Crippen molar-refractivity contribution in [1.29, 1.82) is 0 Å². The predicted molar refractivity (Wildman–Crippen MR) is 95.6 cm³/mol. The minimum Gasteiger partial charge on any atom is -0.467 e. The highest BCUT2D eigenvalue weighted by atomic mass is 35.5. The summed E-state index contributed by atoms with van der Waals surface area (Å²) in [6.45, 7) is 1.02. The fourth-order valence-electron chi connectivity index (χ4n) is 2.19. The van der Waals surface area contributed by atoms with E-state index in [1.54, 1.807) is 24.6 Å². The Labute approximate surface area is 150 Å². The lowest BCUT2D eigenvalue weighted by Gasteiger charge is -2.07. The van der Waals surface area contributed by atoms with E-state index >= 15 is 0 Å². The maximum absolute atomic E-state index is 12.0. The Morgan fingerprint density at radius 3 is 2.64 bits per heavy atom. The van der Waals surface area contributed by atoms with Crippen LogP contribution in [0.4, 0.5) is 5.82 Å². The van der Waals surface area contributed by atoms with E-state index in [0.717, 1.165) is 11.4 Å². The molecule has 2 aromatic heterocycles. The van der Waals surface area contributed by atoms with Crippen LogP contribution in [0, 0.1) is 0 Å². The van der Waals surface area contributed by atoms with E-state index in [-0.39, 0.29) is 11.6 Å². The molecule has 25 heavy (non-hydrogen) atoms. The van der Waals surface area contributed by atoms with Crippen molar-refractivity contribution in [3.05, 3.63) is 77.1 Å². The summed E-state index contributed by atoms with van der Waals surface area (Å²) in [4.78, 5) is 20.3. The number of carbonyl (C=O) groups excluding carboxylic acids is 1. The smallest absolute Gasteiger partial charge is 0.271 e. The molecule has 0 saturated carbocycles. The number of anilines is 1. The molecule has 0 aliphatic carbocycles. The van der Waals surface area contributed by atoms with Gasteiger partial charge < -0.3 is 15.1 Å². The Kier molecular flexibility index (Phi) is 5.64. The molecule has 2 heterocycles. The Hall–Kier alpha value is -2.86. The lowest BCUT2D eigenvalue weighted by molar-refractivity contribution is 0.0942. The molecule has 0 radical (unpaired) electrons. The van der Waals surface area contributed by atoms with E-state index in [1.165, 1.54) is 11.8 Å². The van der Waals surface area contributed by atoms with Gasteiger partial charge in [0.05, 0.1) is 25.2 Å². The van der Waals surface area contributed by atoms with Crippen LogP contribution in [-0.2, 0) is 13.0 Å². The normalized spacial score (nSPS) is 10.4. The average Bonchev–Trinajstić information content (AvgIpc) is 3.15. The Morgan fingerprint density at radius 2 is 1.96 bits per heavy atom. The van der Waals surface area contributed by atoms with Crippen LogP contribution < -0.4 is 10.6 Å². The quantitative estimate of drug-likeness (QED) is 0.679. The van der Waals surface area contributed by atoms with Gasteiger partial charge in [-0.15, -0.1) is 0 Å². The van der Waals surface area contributed by atoms with Crippen molar-refractivity contribution in [2.45, 2.75) is 13.0 Å². The van der Waals surface area contributed by atoms with E-state index in [0.29, 0.717) is 24.7 Å². The average molecular weight is 357 g/mol. The molecule has 0 unspecified atom stereocenters. The molecular weight excluding hydrogens is 340 g/mol. The first-order chi connectivity index (χ1) is 12.2. The van der Waals surface area contributed by atoms with Crippen LogP contribution in [0.3, 0.4) is 0 Å². The highest BCUT2D eigenvalue weighted by Crippen LogP contribution is 2.10. The molecule has 7 heteroatoms. The van der Waals surface area contributed by atoms with Gasteiger partial charge in [0.1, 0.15) is 17.3 Å². The van der Waals surface area contributed by atoms with Gasteiger partial charge >= 0.3 is 0 Å². The molecule has 1 amide bonds. The second-order valence-corrected chi connectivity index (χ2v) is 5.79. The third-order valence-electron chi connectivity index (χ3n) is 3.52. The molecule has 0 aliphatic rings. The van der Waals surface area contributed by atoms with Crippen molar-refractivity contribution in [2.75, 3.05) is 11.9 Å². The fourth-order valence-corrected chi connectivity index (χ4v) is 2.32. The number of hydrogen-bond donors (Lipinski definition) is 2. The summed E-state index contributed by atoms with van der Waals surface area (Å²) < 4.78 is 5.16. The summed E-state index contributed by atoms with van der Waals surface area (Å²) >= 11 is 5.86. The Morgan fingerprint density at radius 1 is 1.12 bits per heavy atom. The number of carbonyl (C=O) groups is 1. The number of hydrogen-bond acceptors (Lipinski definition) is 5. The van der Waals surface area contributed by atoms with Crippen molar-refractivity contribution in [3.63, 3.8) is 0 Å². The third-order valence-corrected chi connectivity index (χ3v) is 3.77. The maximum atomic E-state index is 12.0. The van der Waals surface area contributed by atoms with Gasteiger partial charge in [-0.2, -0.15) is 0 Å². The number of aromatic nitrogens is 2. The van der Waals surface area contributed by atoms with E-state index in [1.807, 2.05) is 24.3 Å². The fraction of sp³-hybridized carbons (Fsp3) is 0.167. The molecule has 0 atom stereocenters. The number of nitrogens with zero attached hydrogens (tertiary/aromatic N) is 2. The maximum Gasteiger partial charge on any atom is 0.271 e. The second-order valence-electron chi connectivity index (χ2n) is 5.35. The first kappa shape index (κ1) is 17.0. The van der Waals surface area contributed by atoms with Gasteiger partial charge in [0, 0.05) is 11.6 Å². The largest absolute Gasteiger partial charge is 0.467 e. The first-order valence-electron chi connectivity index (χ1n) is 7.81. The van der Waals surface area contributed by atoms with Crippen molar-refractivity contribution in [2.24, 2.45) is 0 Å². The Balaban J connectivity index is 1.46. The number of amides is 1. The zero-order chi connectivity index (χ0) is 17.5. The van der Waals surface area contributed by atoms with Crippen molar-refractivity contribution < 1.29 is 9.21 Å². The number of furan rings is 1. The zero-order valence-electron chi connectivity index (χ0n) is 13.4. The summed E-state index contributed by atoms with van der Waals surface area (Å²) in [6, 6.07) is 11.3. The van der Waals surface area contributed by atoms with Gasteiger partial charge in [-0.05, 0) is 36.2 Å². The van der Waals surface area contributed by atoms with E-state index < -0.39 is 0 Å². The van der Waals surface area contributed by atoms with E-state index in [2.05, 4.69) is 20.6 Å². The zero-order valence-corrected chi connectivity index (χ0v) is 14.2. The molecule has 2 N–H and O–H groups in total. The van der Waals surface area contributed by atoms with Crippen molar-refractivity contribution >= 4 is 23.3 Å². The Bertz CT molecular complexity index is 802. The van der Waals surface area contributed by atoms with Crippen LogP contribution >= 0.6 is 11.6 Å². The number of halogens is 1. The highest BCUT2D eigenvalue weighted by molar-refractivity contribution is 6.30. The van der Waals surface area contributed by atoms with Crippen LogP contribution in [0.2, 0.25) is 5.02 Å². The molecule has 128 valence electrons. The highest BCUT2D eigenvalue weighted by Gasteiger charge is 2.08. The molecule has 0 spiro atoms. The number of rotatable bonds is 7. The van der Waals surface area contributed by atoms with Gasteiger partial charge in [0.15, 0.2) is 0 Å². The molecule has 0 saturated heterocycles. The molecule has 0 bridgehead atoms. The van der Waals surface area contributed by atoms with Gasteiger partial charge in [-0.25, -0.2) is 9.97 Å². The number of nitrogens with one attached hydrogen (secondary N) is 2. The van der Waals surface area contributed by atoms with Gasteiger partial charge in [0.25, 0.3) is 5.91 Å². The summed E-state index contributed by atoms with van der Waals surface area (Å²) in [5.41, 5.74) is 1.44. The lowest BCUT2D eigenvalue weighted by atomic mass is 10.1. The van der Waals surface area contributed by atoms with Crippen LogP contribution in [0.15, 0.2) is 59.5 Å². The van der Waals surface area contributed by atoms with Crippen LogP contribution in [-0.4, -0.2) is 22.4 Å². The van der Waals surface area contributed by atoms with E-state index in [9.17, 15) is 4.79 Å². The molecule has 1 aromatic carbocycles. The molecule has 3 rings (SSSR count). The molecule has 6 nitrogen and oxygen atoms in total. The van der Waals surface area contributed by atoms with Crippen molar-refractivity contribution in [1.82, 2.24) is 15.3 Å². The van der Waals surface area contributed by atoms with Crippen LogP contribution in [0.25, 0.3) is 0 Å². The molecule has 0 fully saturated rings. The predicted octanol–water partition coefficient (Wildman–Crippen LogP) is 3.31. The monoisotopic (exact) mass is 356 g/mol. The lowest BCUT2D eigenvalue weighted by Crippen LogP contribution is -2.23. The van der Waals surface area contributed by atoms with Crippen molar-refractivity contribution in [3.8, 4) is 0 Å². The van der Waals surface area contributed by atoms with Crippen LogP contribution in [0.1, 0.15) is 21.8 Å². The SMILES string of the molecule is O=C(NCc1ccco1)c1cnc(NCCc2ccc(Cl)cc2)cn1. The molecular formula is C18H17ClN4O2. The summed E-state index contributed by atoms with van der Waals surface area (Å²) in [6.07, 6.45) is 5.39. The minimum absolute atomic E-state index is 0.259. The minimum atomic E-state index is -0.295. The van der Waals surface area contributed by atoms with Gasteiger partial charge in [-0.1, -0.05) is 23.7 Å². The molecule has 0 aliphatic heterocycles. The number of benzene rings is 1. The third kappa shape index (κ3) is 5.06. The summed E-state index contributed by atoms with van der Waals surface area (Å²) in [5, 5.41) is 6.62.